The molecule has 0 fully saturated rings. The number of hydrogen-bond acceptors (Lipinski definition) is 3. The molecule has 0 aliphatic carbocycles. The summed E-state index contributed by atoms with van der Waals surface area (Å²) in [4.78, 5) is 22.8. The van der Waals surface area contributed by atoms with Gasteiger partial charge in [0.2, 0.25) is 0 Å². The number of hydrogen-bond donors (Lipinski definition) is 1. The zero-order chi connectivity index (χ0) is 14.0. The summed E-state index contributed by atoms with van der Waals surface area (Å²) in [6.45, 7) is 1.65. The van der Waals surface area contributed by atoms with Crippen LogP contribution in [0.2, 0.25) is 0 Å². The Labute approximate surface area is 107 Å². The minimum absolute atomic E-state index is 0.363. The lowest BCUT2D eigenvalue weighted by atomic mass is 10.1. The Morgan fingerprint density at radius 3 is 2.79 bits per heavy atom. The van der Waals surface area contributed by atoms with Crippen LogP contribution in [0, 0.1) is 5.82 Å². The van der Waals surface area contributed by atoms with Gasteiger partial charge < -0.3 is 5.11 Å². The first-order valence-corrected chi connectivity index (χ1v) is 5.57. The predicted molar refractivity (Wildman–Crippen MR) is 65.7 cm³/mol. The van der Waals surface area contributed by atoms with E-state index in [1.165, 1.54) is 24.4 Å². The smallest absolute Gasteiger partial charge is 0.341 e. The van der Waals surface area contributed by atoms with Gasteiger partial charge in [-0.05, 0) is 30.7 Å². The Bertz CT molecular complexity index is 682. The van der Waals surface area contributed by atoms with Crippen LogP contribution in [0.4, 0.5) is 4.39 Å². The fraction of sp³-hybridized carbons (Fsp3) is 0.154. The van der Waals surface area contributed by atoms with Crippen LogP contribution < -0.4 is 5.56 Å². The van der Waals surface area contributed by atoms with E-state index in [9.17, 15) is 14.0 Å². The molecular formula is C13H11FN2O3. The zero-order valence-electron chi connectivity index (χ0n) is 10.1. The van der Waals surface area contributed by atoms with Crippen LogP contribution in [0.1, 0.15) is 28.9 Å². The first-order chi connectivity index (χ1) is 9.00. The van der Waals surface area contributed by atoms with Gasteiger partial charge in [-0.1, -0.05) is 12.1 Å². The highest BCUT2D eigenvalue weighted by Gasteiger charge is 2.16. The standard InChI is InChI=1S/C13H11FN2O3/c1-8(9-3-2-4-10(14)7-9)16-12(17)11(13(18)19)5-6-15-16/h2-8H,1H3,(H,18,19)/t8-/m0/s1. The van der Waals surface area contributed by atoms with Crippen molar-refractivity contribution in [3.63, 3.8) is 0 Å². The van der Waals surface area contributed by atoms with E-state index in [1.54, 1.807) is 13.0 Å². The summed E-state index contributed by atoms with van der Waals surface area (Å²) in [6, 6.07) is 6.33. The van der Waals surface area contributed by atoms with Gasteiger partial charge >= 0.3 is 5.97 Å². The molecule has 0 spiro atoms. The minimum atomic E-state index is -1.31. The van der Waals surface area contributed by atoms with Crippen molar-refractivity contribution in [1.29, 1.82) is 0 Å². The largest absolute Gasteiger partial charge is 0.477 e. The molecule has 0 amide bonds. The maximum atomic E-state index is 13.1. The second-order valence-electron chi connectivity index (χ2n) is 4.03. The number of carbonyl (C=O) groups is 1. The molecule has 98 valence electrons. The number of aromatic nitrogens is 2. The molecule has 0 bridgehead atoms. The van der Waals surface area contributed by atoms with Crippen LogP contribution in [-0.4, -0.2) is 20.9 Å². The van der Waals surface area contributed by atoms with Gasteiger partial charge in [0.15, 0.2) is 0 Å². The van der Waals surface area contributed by atoms with Gasteiger partial charge in [-0.25, -0.2) is 13.9 Å². The maximum absolute atomic E-state index is 13.1. The van der Waals surface area contributed by atoms with E-state index in [0.717, 1.165) is 10.7 Å². The Morgan fingerprint density at radius 1 is 1.42 bits per heavy atom. The summed E-state index contributed by atoms with van der Waals surface area (Å²) in [5.74, 6) is -1.74. The molecule has 6 heteroatoms. The van der Waals surface area contributed by atoms with Gasteiger partial charge in [-0.2, -0.15) is 5.10 Å². The SMILES string of the molecule is C[C@@H](c1cccc(F)c1)n1nccc(C(=O)O)c1=O. The lowest BCUT2D eigenvalue weighted by molar-refractivity contribution is 0.0693. The Kier molecular flexibility index (Phi) is 3.41. The van der Waals surface area contributed by atoms with Crippen LogP contribution >= 0.6 is 0 Å². The molecule has 1 aromatic carbocycles. The lowest BCUT2D eigenvalue weighted by Crippen LogP contribution is -2.30. The third-order valence-corrected chi connectivity index (χ3v) is 2.80. The number of halogens is 1. The van der Waals surface area contributed by atoms with Crippen LogP contribution in [0.15, 0.2) is 41.3 Å². The minimum Gasteiger partial charge on any atom is -0.477 e. The highest BCUT2D eigenvalue weighted by Crippen LogP contribution is 2.16. The van der Waals surface area contributed by atoms with E-state index in [0.29, 0.717) is 5.56 Å². The molecule has 2 rings (SSSR count). The summed E-state index contributed by atoms with van der Waals surface area (Å²) in [5, 5.41) is 12.7. The predicted octanol–water partition coefficient (Wildman–Crippen LogP) is 1.69. The number of benzene rings is 1. The normalized spacial score (nSPS) is 12.1. The van der Waals surface area contributed by atoms with E-state index in [4.69, 9.17) is 5.11 Å². The zero-order valence-corrected chi connectivity index (χ0v) is 10.1. The molecule has 1 heterocycles. The summed E-state index contributed by atoms with van der Waals surface area (Å²) >= 11 is 0. The third-order valence-electron chi connectivity index (χ3n) is 2.80. The van der Waals surface area contributed by atoms with Gasteiger partial charge in [0.1, 0.15) is 11.4 Å². The number of carboxylic acids is 1. The molecule has 0 saturated carbocycles. The number of aromatic carboxylic acids is 1. The third kappa shape index (κ3) is 2.52. The molecule has 0 aliphatic heterocycles. The first kappa shape index (κ1) is 12.9. The van der Waals surface area contributed by atoms with Crippen molar-refractivity contribution in [3.8, 4) is 0 Å². The highest BCUT2D eigenvalue weighted by atomic mass is 19.1. The quantitative estimate of drug-likeness (QED) is 0.913. The van der Waals surface area contributed by atoms with Gasteiger partial charge in [0.25, 0.3) is 5.56 Å². The van der Waals surface area contributed by atoms with E-state index >= 15 is 0 Å². The number of carboxylic acid groups (broad SMARTS) is 1. The second-order valence-corrected chi connectivity index (χ2v) is 4.03. The molecule has 1 atom stereocenters. The van der Waals surface area contributed by atoms with Crippen LogP contribution in [0.25, 0.3) is 0 Å². The molecule has 1 N–H and O–H groups in total. The Hall–Kier alpha value is -2.50. The van der Waals surface area contributed by atoms with Gasteiger partial charge in [-0.15, -0.1) is 0 Å². The summed E-state index contributed by atoms with van der Waals surface area (Å²) in [7, 11) is 0. The van der Waals surface area contributed by atoms with E-state index in [2.05, 4.69) is 5.10 Å². The fourth-order valence-corrected chi connectivity index (χ4v) is 1.77. The lowest BCUT2D eigenvalue weighted by Gasteiger charge is -2.14. The van der Waals surface area contributed by atoms with Crippen molar-refractivity contribution in [2.75, 3.05) is 0 Å². The Balaban J connectivity index is 2.51. The molecule has 19 heavy (non-hydrogen) atoms. The Morgan fingerprint density at radius 2 is 2.16 bits per heavy atom. The van der Waals surface area contributed by atoms with Gasteiger partial charge in [0.05, 0.1) is 6.04 Å². The summed E-state index contributed by atoms with van der Waals surface area (Å²) < 4.78 is 14.2. The van der Waals surface area contributed by atoms with E-state index in [1.807, 2.05) is 0 Å². The molecule has 0 unspecified atom stereocenters. The number of nitrogens with zero attached hydrogens (tertiary/aromatic N) is 2. The molecular weight excluding hydrogens is 251 g/mol. The maximum Gasteiger partial charge on any atom is 0.341 e. The molecule has 0 saturated heterocycles. The first-order valence-electron chi connectivity index (χ1n) is 5.57. The number of rotatable bonds is 3. The monoisotopic (exact) mass is 262 g/mol. The molecule has 0 aliphatic rings. The van der Waals surface area contributed by atoms with Crippen LogP contribution in [-0.2, 0) is 0 Å². The van der Waals surface area contributed by atoms with Crippen molar-refractivity contribution < 1.29 is 14.3 Å². The summed E-state index contributed by atoms with van der Waals surface area (Å²) in [6.07, 6.45) is 1.24. The van der Waals surface area contributed by atoms with Crippen LogP contribution in [0.5, 0.6) is 0 Å². The molecule has 0 radical (unpaired) electrons. The van der Waals surface area contributed by atoms with Crippen molar-refractivity contribution in [1.82, 2.24) is 9.78 Å². The van der Waals surface area contributed by atoms with Crippen molar-refractivity contribution in [3.05, 3.63) is 63.8 Å². The van der Waals surface area contributed by atoms with Gasteiger partial charge in [0, 0.05) is 6.20 Å². The van der Waals surface area contributed by atoms with Crippen molar-refractivity contribution in [2.24, 2.45) is 0 Å². The average molecular weight is 262 g/mol. The topological polar surface area (TPSA) is 72.2 Å². The molecule has 5 nitrogen and oxygen atoms in total. The van der Waals surface area contributed by atoms with Crippen LogP contribution in [0.3, 0.4) is 0 Å². The highest BCUT2D eigenvalue weighted by molar-refractivity contribution is 5.86. The molecule has 1 aromatic heterocycles. The molecule has 2 aromatic rings. The van der Waals surface area contributed by atoms with Crippen molar-refractivity contribution in [2.45, 2.75) is 13.0 Å². The van der Waals surface area contributed by atoms with Gasteiger partial charge in [-0.3, -0.25) is 4.79 Å². The average Bonchev–Trinajstić information content (AvgIpc) is 2.38. The van der Waals surface area contributed by atoms with Crippen molar-refractivity contribution >= 4 is 5.97 Å². The second kappa shape index (κ2) is 5.01. The van der Waals surface area contributed by atoms with E-state index < -0.39 is 23.4 Å². The fourth-order valence-electron chi connectivity index (χ4n) is 1.77. The van der Waals surface area contributed by atoms with E-state index in [-0.39, 0.29) is 5.56 Å². The summed E-state index contributed by atoms with van der Waals surface area (Å²) in [5.41, 5.74) is -0.540.